The van der Waals surface area contributed by atoms with E-state index < -0.39 is 0 Å². The zero-order valence-electron chi connectivity index (χ0n) is 11.1. The number of aromatic nitrogens is 2. The predicted octanol–water partition coefficient (Wildman–Crippen LogP) is 5.52. The fraction of sp³-hybridized carbons (Fsp3) is 0. The van der Waals surface area contributed by atoms with E-state index in [1.54, 1.807) is 23.5 Å². The highest BCUT2D eigenvalue weighted by Gasteiger charge is 2.14. The van der Waals surface area contributed by atoms with E-state index in [1.165, 1.54) is 18.5 Å². The van der Waals surface area contributed by atoms with Crippen molar-refractivity contribution in [2.75, 3.05) is 0 Å². The Hall–Kier alpha value is -2.05. The summed E-state index contributed by atoms with van der Waals surface area (Å²) >= 11 is 4.95. The summed E-state index contributed by atoms with van der Waals surface area (Å²) < 4.78 is 20.5. The molecule has 2 aromatic carbocycles. The summed E-state index contributed by atoms with van der Waals surface area (Å²) in [5, 5.41) is 0. The van der Waals surface area contributed by atoms with Gasteiger partial charge >= 0.3 is 0 Å². The molecular formula is C16H8BrFN2OS. The van der Waals surface area contributed by atoms with Gasteiger partial charge in [-0.3, -0.25) is 0 Å². The average Bonchev–Trinajstić information content (AvgIpc) is 3.12. The van der Waals surface area contributed by atoms with E-state index in [0.29, 0.717) is 11.5 Å². The van der Waals surface area contributed by atoms with E-state index in [1.807, 2.05) is 18.2 Å². The molecule has 4 aromatic rings. The maximum Gasteiger partial charge on any atom is 0.182 e. The lowest BCUT2D eigenvalue weighted by molar-refractivity contribution is 0.572. The summed E-state index contributed by atoms with van der Waals surface area (Å²) in [7, 11) is 0. The fourth-order valence-corrected chi connectivity index (χ4v) is 3.75. The largest absolute Gasteiger partial charge is 0.443 e. The van der Waals surface area contributed by atoms with Crippen molar-refractivity contribution in [1.82, 2.24) is 9.97 Å². The number of thiazole rings is 1. The Morgan fingerprint density at radius 2 is 1.82 bits per heavy atom. The Labute approximate surface area is 137 Å². The van der Waals surface area contributed by atoms with Crippen LogP contribution in [0.3, 0.4) is 0 Å². The number of hydrogen-bond acceptors (Lipinski definition) is 4. The van der Waals surface area contributed by atoms with Crippen molar-refractivity contribution in [3.05, 3.63) is 58.6 Å². The van der Waals surface area contributed by atoms with E-state index in [2.05, 4.69) is 25.9 Å². The molecule has 0 N–H and O–H groups in total. The summed E-state index contributed by atoms with van der Waals surface area (Å²) in [6.07, 6.45) is 1.40. The van der Waals surface area contributed by atoms with Gasteiger partial charge in [-0.25, -0.2) is 14.4 Å². The Bertz CT molecular complexity index is 962. The number of fused-ring (bicyclic) bond motifs is 1. The van der Waals surface area contributed by atoms with Gasteiger partial charge in [-0.1, -0.05) is 0 Å². The van der Waals surface area contributed by atoms with Crippen LogP contribution in [0.2, 0.25) is 0 Å². The van der Waals surface area contributed by atoms with Crippen molar-refractivity contribution < 1.29 is 8.81 Å². The summed E-state index contributed by atoms with van der Waals surface area (Å²) in [6, 6.07) is 12.1. The molecule has 0 saturated heterocycles. The SMILES string of the molecule is Fc1ccc(-c2ncoc2-c2ccc3nc(Br)sc3c2)cc1. The molecule has 2 aromatic heterocycles. The van der Waals surface area contributed by atoms with Gasteiger partial charge in [0.25, 0.3) is 0 Å². The minimum absolute atomic E-state index is 0.273. The van der Waals surface area contributed by atoms with Crippen molar-refractivity contribution in [3.8, 4) is 22.6 Å². The highest BCUT2D eigenvalue weighted by atomic mass is 79.9. The Morgan fingerprint density at radius 1 is 1.05 bits per heavy atom. The Kier molecular flexibility index (Phi) is 3.28. The summed E-state index contributed by atoms with van der Waals surface area (Å²) in [4.78, 5) is 8.64. The quantitative estimate of drug-likeness (QED) is 0.463. The molecule has 4 rings (SSSR count). The average molecular weight is 375 g/mol. The smallest absolute Gasteiger partial charge is 0.182 e. The Balaban J connectivity index is 1.85. The van der Waals surface area contributed by atoms with E-state index in [-0.39, 0.29) is 5.82 Å². The number of oxazole rings is 1. The zero-order chi connectivity index (χ0) is 15.1. The standard InChI is InChI=1S/C16H8BrFN2OS/c17-16-20-12-6-3-10(7-13(12)22-16)15-14(19-8-21-15)9-1-4-11(18)5-2-9/h1-8H. The number of nitrogens with zero attached hydrogens (tertiary/aromatic N) is 2. The third kappa shape index (κ3) is 2.34. The van der Waals surface area contributed by atoms with E-state index in [4.69, 9.17) is 4.42 Å². The maximum absolute atomic E-state index is 13.1. The van der Waals surface area contributed by atoms with Crippen LogP contribution >= 0.6 is 27.3 Å². The highest BCUT2D eigenvalue weighted by molar-refractivity contribution is 9.11. The second kappa shape index (κ2) is 5.30. The molecule has 0 spiro atoms. The second-order valence-electron chi connectivity index (χ2n) is 4.69. The van der Waals surface area contributed by atoms with Crippen LogP contribution in [0.5, 0.6) is 0 Å². The first-order valence-corrected chi connectivity index (χ1v) is 8.07. The monoisotopic (exact) mass is 374 g/mol. The highest BCUT2D eigenvalue weighted by Crippen LogP contribution is 2.35. The van der Waals surface area contributed by atoms with Gasteiger partial charge in [0.1, 0.15) is 11.5 Å². The van der Waals surface area contributed by atoms with Crippen molar-refractivity contribution in [2.24, 2.45) is 0 Å². The molecule has 0 unspecified atom stereocenters. The molecule has 22 heavy (non-hydrogen) atoms. The van der Waals surface area contributed by atoms with Gasteiger partial charge in [0.05, 0.1) is 10.2 Å². The van der Waals surface area contributed by atoms with E-state index >= 15 is 0 Å². The van der Waals surface area contributed by atoms with Crippen LogP contribution < -0.4 is 0 Å². The lowest BCUT2D eigenvalue weighted by atomic mass is 10.1. The van der Waals surface area contributed by atoms with E-state index in [9.17, 15) is 4.39 Å². The van der Waals surface area contributed by atoms with E-state index in [0.717, 1.165) is 25.3 Å². The lowest BCUT2D eigenvalue weighted by Gasteiger charge is -2.02. The third-order valence-electron chi connectivity index (χ3n) is 3.31. The molecule has 2 heterocycles. The van der Waals surface area contributed by atoms with Gasteiger partial charge < -0.3 is 4.42 Å². The van der Waals surface area contributed by atoms with Gasteiger partial charge in [-0.2, -0.15) is 0 Å². The molecular weight excluding hydrogens is 367 g/mol. The minimum atomic E-state index is -0.273. The van der Waals surface area contributed by atoms with Crippen molar-refractivity contribution >= 4 is 37.5 Å². The van der Waals surface area contributed by atoms with Gasteiger partial charge in [0, 0.05) is 11.1 Å². The van der Waals surface area contributed by atoms with Crippen LogP contribution in [0.15, 0.2) is 57.2 Å². The number of halogens is 2. The molecule has 0 aliphatic rings. The molecule has 0 fully saturated rings. The molecule has 0 aliphatic heterocycles. The number of benzene rings is 2. The van der Waals surface area contributed by atoms with Crippen LogP contribution in [0.1, 0.15) is 0 Å². The summed E-state index contributed by atoms with van der Waals surface area (Å²) in [6.45, 7) is 0. The molecule has 0 bridgehead atoms. The molecule has 0 atom stereocenters. The topological polar surface area (TPSA) is 38.9 Å². The molecule has 6 heteroatoms. The van der Waals surface area contributed by atoms with Gasteiger partial charge in [-0.05, 0) is 58.4 Å². The first-order chi connectivity index (χ1) is 10.7. The predicted molar refractivity (Wildman–Crippen MR) is 88.2 cm³/mol. The number of hydrogen-bond donors (Lipinski definition) is 0. The lowest BCUT2D eigenvalue weighted by Crippen LogP contribution is -1.83. The number of rotatable bonds is 2. The summed E-state index contributed by atoms with van der Waals surface area (Å²) in [5.41, 5.74) is 3.36. The zero-order valence-corrected chi connectivity index (χ0v) is 13.5. The Morgan fingerprint density at radius 3 is 2.64 bits per heavy atom. The van der Waals surface area contributed by atoms with Crippen LogP contribution in [0.4, 0.5) is 4.39 Å². The molecule has 0 saturated carbocycles. The second-order valence-corrected chi connectivity index (χ2v) is 6.99. The van der Waals surface area contributed by atoms with Crippen molar-refractivity contribution in [3.63, 3.8) is 0 Å². The van der Waals surface area contributed by atoms with Crippen molar-refractivity contribution in [2.45, 2.75) is 0 Å². The van der Waals surface area contributed by atoms with Crippen molar-refractivity contribution in [1.29, 1.82) is 0 Å². The van der Waals surface area contributed by atoms with Gasteiger partial charge in [-0.15, -0.1) is 11.3 Å². The van der Waals surface area contributed by atoms with Crippen LogP contribution in [-0.2, 0) is 0 Å². The fourth-order valence-electron chi connectivity index (χ4n) is 2.30. The first-order valence-electron chi connectivity index (χ1n) is 6.46. The molecule has 108 valence electrons. The molecule has 0 aliphatic carbocycles. The van der Waals surface area contributed by atoms with Crippen LogP contribution in [-0.4, -0.2) is 9.97 Å². The molecule has 3 nitrogen and oxygen atoms in total. The maximum atomic E-state index is 13.1. The minimum Gasteiger partial charge on any atom is -0.443 e. The first kappa shape index (κ1) is 13.6. The molecule has 0 amide bonds. The normalized spacial score (nSPS) is 11.2. The van der Waals surface area contributed by atoms with Crippen LogP contribution in [0.25, 0.3) is 32.8 Å². The van der Waals surface area contributed by atoms with Gasteiger partial charge in [0.2, 0.25) is 0 Å². The summed E-state index contributed by atoms with van der Waals surface area (Å²) in [5.74, 6) is 0.391. The van der Waals surface area contributed by atoms with Crippen LogP contribution in [0, 0.1) is 5.82 Å². The third-order valence-corrected chi connectivity index (χ3v) is 4.78. The van der Waals surface area contributed by atoms with Gasteiger partial charge in [0.15, 0.2) is 16.1 Å². The molecule has 0 radical (unpaired) electrons.